The Bertz CT molecular complexity index is 921. The van der Waals surface area contributed by atoms with Gasteiger partial charge in [0.15, 0.2) is 5.58 Å². The minimum Gasteiger partial charge on any atom is -0.408 e. The molecule has 0 aliphatic heterocycles. The van der Waals surface area contributed by atoms with E-state index in [1.54, 1.807) is 42.1 Å². The maximum Gasteiger partial charge on any atom is 0.417 e. The molecule has 3 aromatic rings. The number of hydrogen-bond donors (Lipinski definition) is 3. The average Bonchev–Trinajstić information content (AvgIpc) is 3.12. The molecule has 2 heterocycles. The Morgan fingerprint density at radius 3 is 2.83 bits per heavy atom. The summed E-state index contributed by atoms with van der Waals surface area (Å²) in [6.45, 7) is 5.74. The third-order valence-corrected chi connectivity index (χ3v) is 3.61. The van der Waals surface area contributed by atoms with E-state index in [1.165, 1.54) is 0 Å². The Balaban J connectivity index is 1.70. The highest BCUT2D eigenvalue weighted by molar-refractivity contribution is 5.95. The fourth-order valence-corrected chi connectivity index (χ4v) is 2.42. The number of nitrogens with zero attached hydrogens (tertiary/aromatic N) is 2. The molecule has 0 bridgehead atoms. The number of carbonyl (C=O) groups is 1. The first-order valence-corrected chi connectivity index (χ1v) is 7.68. The molecule has 1 atom stereocenters. The van der Waals surface area contributed by atoms with E-state index in [-0.39, 0.29) is 11.9 Å². The Hall–Kier alpha value is -3.03. The van der Waals surface area contributed by atoms with E-state index in [2.05, 4.69) is 20.7 Å². The molecule has 1 unspecified atom stereocenters. The molecule has 126 valence electrons. The Morgan fingerprint density at radius 2 is 2.08 bits per heavy atom. The number of fused-ring (bicyclic) bond motifs is 1. The Morgan fingerprint density at radius 1 is 1.29 bits per heavy atom. The lowest BCUT2D eigenvalue weighted by Gasteiger charge is -2.17. The highest BCUT2D eigenvalue weighted by Crippen LogP contribution is 2.18. The third kappa shape index (κ3) is 3.17. The van der Waals surface area contributed by atoms with E-state index in [0.29, 0.717) is 22.6 Å². The molecule has 0 saturated carbocycles. The van der Waals surface area contributed by atoms with Gasteiger partial charge in [-0.3, -0.25) is 9.78 Å². The largest absolute Gasteiger partial charge is 0.417 e. The van der Waals surface area contributed by atoms with Crippen LogP contribution in [0.5, 0.6) is 0 Å². The van der Waals surface area contributed by atoms with Crippen LogP contribution < -0.4 is 16.4 Å². The summed E-state index contributed by atoms with van der Waals surface area (Å²) in [6, 6.07) is 6.58. The number of benzene rings is 1. The predicted octanol–water partition coefficient (Wildman–Crippen LogP) is 2.34. The van der Waals surface area contributed by atoms with Gasteiger partial charge >= 0.3 is 5.76 Å². The zero-order chi connectivity index (χ0) is 17.3. The van der Waals surface area contributed by atoms with Crippen molar-refractivity contribution in [3.8, 4) is 0 Å². The number of H-pyrrole nitrogens is 1. The summed E-state index contributed by atoms with van der Waals surface area (Å²) < 4.78 is 6.70. The summed E-state index contributed by atoms with van der Waals surface area (Å²) in [4.78, 5) is 26.1. The van der Waals surface area contributed by atoms with Gasteiger partial charge in [0.25, 0.3) is 0 Å². The average molecular weight is 329 g/mol. The van der Waals surface area contributed by atoms with Gasteiger partial charge in [0.2, 0.25) is 5.91 Å². The summed E-state index contributed by atoms with van der Waals surface area (Å²) >= 11 is 0. The predicted molar refractivity (Wildman–Crippen MR) is 91.2 cm³/mol. The van der Waals surface area contributed by atoms with Gasteiger partial charge in [0.05, 0.1) is 11.7 Å². The highest BCUT2D eigenvalue weighted by atomic mass is 16.4. The minimum atomic E-state index is -0.505. The van der Waals surface area contributed by atoms with Gasteiger partial charge in [-0.25, -0.2) is 9.48 Å². The van der Waals surface area contributed by atoms with Crippen LogP contribution in [-0.4, -0.2) is 26.7 Å². The van der Waals surface area contributed by atoms with E-state index in [1.807, 2.05) is 13.8 Å². The molecule has 3 N–H and O–H groups in total. The summed E-state index contributed by atoms with van der Waals surface area (Å²) in [5.74, 6) is -0.0358. The summed E-state index contributed by atoms with van der Waals surface area (Å²) in [7, 11) is 0. The molecule has 1 amide bonds. The standard InChI is InChI=1S/C16H19N5O3/c1-9(2)21-14(6-7-17-21)20-15(22)10(3)18-11-4-5-13-12(8-11)19-16(23)24-13/h4-10,18H,1-3H3,(H,19,23)(H,20,22). The van der Waals surface area contributed by atoms with Gasteiger partial charge in [-0.05, 0) is 39.0 Å². The van der Waals surface area contributed by atoms with Gasteiger partial charge in [0, 0.05) is 17.8 Å². The van der Waals surface area contributed by atoms with Gasteiger partial charge < -0.3 is 15.1 Å². The third-order valence-electron chi connectivity index (χ3n) is 3.61. The van der Waals surface area contributed by atoms with E-state index in [0.717, 1.165) is 0 Å². The highest BCUT2D eigenvalue weighted by Gasteiger charge is 2.16. The van der Waals surface area contributed by atoms with E-state index in [4.69, 9.17) is 4.42 Å². The molecular formula is C16H19N5O3. The molecule has 0 fully saturated rings. The number of aromatic nitrogens is 3. The number of rotatable bonds is 5. The number of nitrogens with one attached hydrogen (secondary N) is 3. The molecule has 3 rings (SSSR count). The molecule has 2 aromatic heterocycles. The van der Waals surface area contributed by atoms with E-state index < -0.39 is 11.8 Å². The van der Waals surface area contributed by atoms with Crippen LogP contribution in [0.2, 0.25) is 0 Å². The second-order valence-electron chi connectivity index (χ2n) is 5.84. The molecule has 1 aromatic carbocycles. The van der Waals surface area contributed by atoms with Crippen molar-refractivity contribution in [2.75, 3.05) is 10.6 Å². The van der Waals surface area contributed by atoms with Crippen LogP contribution in [0.3, 0.4) is 0 Å². The van der Waals surface area contributed by atoms with Crippen molar-refractivity contribution in [2.24, 2.45) is 0 Å². The SMILES string of the molecule is CC(Nc1ccc2oc(=O)[nH]c2c1)C(=O)Nc1ccnn1C(C)C. The molecule has 0 aliphatic rings. The van der Waals surface area contributed by atoms with Crippen molar-refractivity contribution in [3.05, 3.63) is 41.0 Å². The van der Waals surface area contributed by atoms with Gasteiger partial charge in [-0.1, -0.05) is 0 Å². The Kier molecular flexibility index (Phi) is 4.11. The molecule has 0 aliphatic carbocycles. The lowest BCUT2D eigenvalue weighted by Crippen LogP contribution is -2.32. The normalized spacial score (nSPS) is 12.5. The molecular weight excluding hydrogens is 310 g/mol. The van der Waals surface area contributed by atoms with Crippen molar-refractivity contribution >= 4 is 28.5 Å². The van der Waals surface area contributed by atoms with Crippen LogP contribution in [0.25, 0.3) is 11.1 Å². The van der Waals surface area contributed by atoms with Crippen molar-refractivity contribution in [1.29, 1.82) is 0 Å². The van der Waals surface area contributed by atoms with Crippen LogP contribution in [0.4, 0.5) is 11.5 Å². The number of amides is 1. The van der Waals surface area contributed by atoms with Crippen molar-refractivity contribution in [3.63, 3.8) is 0 Å². The number of oxazole rings is 1. The lowest BCUT2D eigenvalue weighted by atomic mass is 10.2. The van der Waals surface area contributed by atoms with Gasteiger partial charge in [0.1, 0.15) is 11.9 Å². The first kappa shape index (κ1) is 15.9. The lowest BCUT2D eigenvalue weighted by molar-refractivity contribution is -0.116. The molecule has 0 saturated heterocycles. The smallest absolute Gasteiger partial charge is 0.408 e. The summed E-state index contributed by atoms with van der Waals surface area (Å²) in [6.07, 6.45) is 1.65. The number of aromatic amines is 1. The van der Waals surface area contributed by atoms with Gasteiger partial charge in [-0.2, -0.15) is 5.10 Å². The first-order valence-electron chi connectivity index (χ1n) is 7.68. The molecule has 24 heavy (non-hydrogen) atoms. The molecule has 8 heteroatoms. The van der Waals surface area contributed by atoms with Crippen molar-refractivity contribution < 1.29 is 9.21 Å². The zero-order valence-electron chi connectivity index (χ0n) is 13.7. The molecule has 8 nitrogen and oxygen atoms in total. The zero-order valence-corrected chi connectivity index (χ0v) is 13.7. The molecule has 0 spiro atoms. The maximum atomic E-state index is 12.4. The fourth-order valence-electron chi connectivity index (χ4n) is 2.42. The quantitative estimate of drug-likeness (QED) is 0.666. The van der Waals surface area contributed by atoms with Crippen LogP contribution in [0.15, 0.2) is 39.7 Å². The second kappa shape index (κ2) is 6.23. The number of carbonyl (C=O) groups excluding carboxylic acids is 1. The van der Waals surface area contributed by atoms with E-state index >= 15 is 0 Å². The molecule has 0 radical (unpaired) electrons. The first-order chi connectivity index (χ1) is 11.4. The number of anilines is 2. The minimum absolute atomic E-state index is 0.152. The Labute approximate surface area is 137 Å². The fraction of sp³-hybridized carbons (Fsp3) is 0.312. The topological polar surface area (TPSA) is 105 Å². The van der Waals surface area contributed by atoms with Crippen molar-refractivity contribution in [1.82, 2.24) is 14.8 Å². The summed E-state index contributed by atoms with van der Waals surface area (Å²) in [5.41, 5.74) is 1.76. The number of hydrogen-bond acceptors (Lipinski definition) is 5. The van der Waals surface area contributed by atoms with Gasteiger partial charge in [-0.15, -0.1) is 0 Å². The van der Waals surface area contributed by atoms with E-state index in [9.17, 15) is 9.59 Å². The van der Waals surface area contributed by atoms with Crippen LogP contribution in [-0.2, 0) is 4.79 Å². The van der Waals surface area contributed by atoms with Crippen LogP contribution >= 0.6 is 0 Å². The monoisotopic (exact) mass is 329 g/mol. The van der Waals surface area contributed by atoms with Crippen LogP contribution in [0.1, 0.15) is 26.8 Å². The second-order valence-corrected chi connectivity index (χ2v) is 5.84. The van der Waals surface area contributed by atoms with Crippen LogP contribution in [0, 0.1) is 0 Å². The van der Waals surface area contributed by atoms with Crippen molar-refractivity contribution in [2.45, 2.75) is 32.9 Å². The summed E-state index contributed by atoms with van der Waals surface area (Å²) in [5, 5.41) is 10.1. The maximum absolute atomic E-state index is 12.4.